The van der Waals surface area contributed by atoms with E-state index in [9.17, 15) is 18.0 Å². The van der Waals surface area contributed by atoms with Crippen LogP contribution in [0.3, 0.4) is 0 Å². The van der Waals surface area contributed by atoms with Crippen LogP contribution in [-0.4, -0.2) is 22.3 Å². The highest BCUT2D eigenvalue weighted by Gasteiger charge is 2.30. The Hall–Kier alpha value is -4.05. The lowest BCUT2D eigenvalue weighted by Crippen LogP contribution is -2.19. The number of amides is 2. The summed E-state index contributed by atoms with van der Waals surface area (Å²) in [6.45, 7) is 0. The summed E-state index contributed by atoms with van der Waals surface area (Å²) >= 11 is 1.62. The molecule has 3 N–H and O–H groups in total. The van der Waals surface area contributed by atoms with Crippen LogP contribution in [-0.2, 0) is 6.18 Å². The topological polar surface area (TPSA) is 78.9 Å². The van der Waals surface area contributed by atoms with Crippen LogP contribution < -0.4 is 16.0 Å². The smallest absolute Gasteiger partial charge is 0.340 e. The number of alkyl halides is 3. The van der Waals surface area contributed by atoms with Crippen molar-refractivity contribution in [3.8, 4) is 11.3 Å². The third-order valence-corrected chi connectivity index (χ3v) is 5.66. The lowest BCUT2D eigenvalue weighted by molar-refractivity contribution is -0.137. The zero-order chi connectivity index (χ0) is 24.8. The fraction of sp³-hybridized carbons (Fsp3) is 0.0800. The van der Waals surface area contributed by atoms with E-state index in [-0.39, 0.29) is 11.7 Å². The van der Waals surface area contributed by atoms with E-state index in [4.69, 9.17) is 0 Å². The van der Waals surface area contributed by atoms with Gasteiger partial charge < -0.3 is 16.0 Å². The van der Waals surface area contributed by atoms with Gasteiger partial charge in [0.2, 0.25) is 0 Å². The second-order valence-electron chi connectivity index (χ2n) is 7.38. The Kier molecular flexibility index (Phi) is 7.21. The molecule has 0 aliphatic carbocycles. The van der Waals surface area contributed by atoms with E-state index in [1.807, 2.05) is 30.5 Å². The second-order valence-corrected chi connectivity index (χ2v) is 8.26. The largest absolute Gasteiger partial charge is 0.416 e. The van der Waals surface area contributed by atoms with E-state index in [0.29, 0.717) is 22.9 Å². The number of hydrogen-bond acceptors (Lipinski definition) is 5. The second kappa shape index (κ2) is 10.5. The third kappa shape index (κ3) is 6.51. The Morgan fingerprint density at radius 1 is 0.829 bits per heavy atom. The Labute approximate surface area is 204 Å². The molecule has 0 saturated carbocycles. The van der Waals surface area contributed by atoms with E-state index in [1.54, 1.807) is 42.1 Å². The Morgan fingerprint density at radius 2 is 1.49 bits per heavy atom. The molecule has 4 aromatic rings. The van der Waals surface area contributed by atoms with Crippen LogP contribution in [0, 0.1) is 0 Å². The zero-order valence-corrected chi connectivity index (χ0v) is 19.2. The van der Waals surface area contributed by atoms with Gasteiger partial charge in [0.15, 0.2) is 0 Å². The molecule has 0 aliphatic rings. The molecule has 0 spiro atoms. The molecule has 35 heavy (non-hydrogen) atoms. The van der Waals surface area contributed by atoms with Crippen molar-refractivity contribution in [1.82, 2.24) is 9.97 Å². The number of aromatic nitrogens is 2. The molecule has 2 amide bonds. The quantitative estimate of drug-likeness (QED) is 0.245. The molecule has 0 saturated heterocycles. The summed E-state index contributed by atoms with van der Waals surface area (Å²) in [6, 6.07) is 20.7. The standard InChI is InChI=1S/C25H20F3N5OS/c1-35-21-11-9-19(10-12-21)33-24(34)32-18-7-5-16(6-8-18)22-14-23(30-15-29-22)31-20-4-2-3-17(13-20)25(26,27)28/h2-15H,1H3,(H,29,30,31)(H2,32,33,34). The molecule has 1 heterocycles. The average molecular weight is 496 g/mol. The van der Waals surface area contributed by atoms with Gasteiger partial charge in [0.25, 0.3) is 0 Å². The van der Waals surface area contributed by atoms with Crippen LogP contribution in [0.4, 0.5) is 40.8 Å². The van der Waals surface area contributed by atoms with Crippen molar-refractivity contribution in [2.45, 2.75) is 11.1 Å². The van der Waals surface area contributed by atoms with Crippen molar-refractivity contribution in [2.24, 2.45) is 0 Å². The molecule has 0 aliphatic heterocycles. The van der Waals surface area contributed by atoms with E-state index >= 15 is 0 Å². The van der Waals surface area contributed by atoms with Gasteiger partial charge in [-0.3, -0.25) is 0 Å². The molecular weight excluding hydrogens is 475 g/mol. The Bertz CT molecular complexity index is 1310. The van der Waals surface area contributed by atoms with Gasteiger partial charge in [0, 0.05) is 33.6 Å². The minimum atomic E-state index is -4.43. The number of hydrogen-bond donors (Lipinski definition) is 3. The molecule has 6 nitrogen and oxygen atoms in total. The number of benzene rings is 3. The van der Waals surface area contributed by atoms with Gasteiger partial charge in [0.1, 0.15) is 12.1 Å². The fourth-order valence-electron chi connectivity index (χ4n) is 3.20. The molecule has 0 atom stereocenters. The van der Waals surface area contributed by atoms with Crippen molar-refractivity contribution in [2.75, 3.05) is 22.2 Å². The van der Waals surface area contributed by atoms with Crippen molar-refractivity contribution < 1.29 is 18.0 Å². The van der Waals surface area contributed by atoms with Crippen LogP contribution >= 0.6 is 11.8 Å². The van der Waals surface area contributed by atoms with E-state index in [1.165, 1.54) is 18.5 Å². The molecule has 4 rings (SSSR count). The maximum Gasteiger partial charge on any atom is 0.416 e. The first kappa shape index (κ1) is 24.1. The third-order valence-electron chi connectivity index (χ3n) is 4.92. The number of thioether (sulfide) groups is 1. The van der Waals surface area contributed by atoms with Gasteiger partial charge in [-0.2, -0.15) is 13.2 Å². The molecule has 0 radical (unpaired) electrons. The highest BCUT2D eigenvalue weighted by Crippen LogP contribution is 2.31. The minimum Gasteiger partial charge on any atom is -0.340 e. The van der Waals surface area contributed by atoms with Crippen LogP contribution in [0.5, 0.6) is 0 Å². The van der Waals surface area contributed by atoms with Gasteiger partial charge in [-0.05, 0) is 60.9 Å². The van der Waals surface area contributed by atoms with Crippen LogP contribution in [0.15, 0.2) is 90.1 Å². The molecule has 0 bridgehead atoms. The number of urea groups is 1. The van der Waals surface area contributed by atoms with Crippen molar-refractivity contribution in [3.05, 3.63) is 90.8 Å². The maximum absolute atomic E-state index is 13.0. The summed E-state index contributed by atoms with van der Waals surface area (Å²) in [5, 5.41) is 8.42. The molecule has 0 fully saturated rings. The van der Waals surface area contributed by atoms with Gasteiger partial charge in [-0.25, -0.2) is 14.8 Å². The maximum atomic E-state index is 13.0. The van der Waals surface area contributed by atoms with E-state index in [2.05, 4.69) is 25.9 Å². The Balaban J connectivity index is 1.41. The summed E-state index contributed by atoms with van der Waals surface area (Å²) in [6.07, 6.45) is -1.12. The lowest BCUT2D eigenvalue weighted by Gasteiger charge is -2.11. The summed E-state index contributed by atoms with van der Waals surface area (Å²) in [5.74, 6) is 0.350. The van der Waals surface area contributed by atoms with Crippen molar-refractivity contribution in [1.29, 1.82) is 0 Å². The number of halogens is 3. The number of nitrogens with one attached hydrogen (secondary N) is 3. The number of rotatable bonds is 6. The van der Waals surface area contributed by atoms with Crippen LogP contribution in [0.2, 0.25) is 0 Å². The summed E-state index contributed by atoms with van der Waals surface area (Å²) < 4.78 is 38.9. The highest BCUT2D eigenvalue weighted by atomic mass is 32.2. The Morgan fingerprint density at radius 3 is 2.11 bits per heavy atom. The predicted octanol–water partition coefficient (Wildman–Crippen LogP) is 7.27. The van der Waals surface area contributed by atoms with Crippen LogP contribution in [0.25, 0.3) is 11.3 Å². The lowest BCUT2D eigenvalue weighted by atomic mass is 10.1. The van der Waals surface area contributed by atoms with Gasteiger partial charge in [-0.15, -0.1) is 11.8 Å². The number of carbonyl (C=O) groups is 1. The summed E-state index contributed by atoms with van der Waals surface area (Å²) in [5.41, 5.74) is 2.10. The SMILES string of the molecule is CSc1ccc(NC(=O)Nc2ccc(-c3cc(Nc4cccc(C(F)(F)F)c4)ncn3)cc2)cc1. The molecule has 10 heteroatoms. The highest BCUT2D eigenvalue weighted by molar-refractivity contribution is 7.98. The van der Waals surface area contributed by atoms with Gasteiger partial charge >= 0.3 is 12.2 Å². The number of anilines is 4. The number of carbonyl (C=O) groups excluding carboxylic acids is 1. The monoisotopic (exact) mass is 495 g/mol. The first-order valence-corrected chi connectivity index (χ1v) is 11.6. The molecule has 0 unspecified atom stereocenters. The predicted molar refractivity (Wildman–Crippen MR) is 133 cm³/mol. The fourth-order valence-corrected chi connectivity index (χ4v) is 3.61. The first-order chi connectivity index (χ1) is 16.8. The normalized spacial score (nSPS) is 11.1. The van der Waals surface area contributed by atoms with Gasteiger partial charge in [0.05, 0.1) is 11.3 Å². The van der Waals surface area contributed by atoms with Crippen LogP contribution in [0.1, 0.15) is 5.56 Å². The molecule has 3 aromatic carbocycles. The molecule has 178 valence electrons. The van der Waals surface area contributed by atoms with Crippen molar-refractivity contribution >= 4 is 40.7 Å². The molecular formula is C25H20F3N5OS. The number of nitrogens with zero attached hydrogens (tertiary/aromatic N) is 2. The van der Waals surface area contributed by atoms with E-state index in [0.717, 1.165) is 22.6 Å². The van der Waals surface area contributed by atoms with Crippen molar-refractivity contribution in [3.63, 3.8) is 0 Å². The first-order valence-electron chi connectivity index (χ1n) is 10.4. The van der Waals surface area contributed by atoms with E-state index < -0.39 is 11.7 Å². The minimum absolute atomic E-state index is 0.262. The van der Waals surface area contributed by atoms with Gasteiger partial charge in [-0.1, -0.05) is 18.2 Å². The summed E-state index contributed by atoms with van der Waals surface area (Å²) in [7, 11) is 0. The average Bonchev–Trinajstić information content (AvgIpc) is 2.85. The molecule has 1 aromatic heterocycles. The summed E-state index contributed by atoms with van der Waals surface area (Å²) in [4.78, 5) is 21.7. The zero-order valence-electron chi connectivity index (χ0n) is 18.4.